The van der Waals surface area contributed by atoms with Gasteiger partial charge in [0.2, 0.25) is 0 Å². The zero-order valence-corrected chi connectivity index (χ0v) is 9.40. The van der Waals surface area contributed by atoms with Crippen LogP contribution in [0.15, 0.2) is 0 Å². The molecule has 0 spiro atoms. The maximum Gasteiger partial charge on any atom is 0.0556 e. The van der Waals surface area contributed by atoms with Gasteiger partial charge >= 0.3 is 0 Å². The molecule has 0 fully saturated rings. The van der Waals surface area contributed by atoms with Gasteiger partial charge in [0.15, 0.2) is 0 Å². The highest BCUT2D eigenvalue weighted by Gasteiger charge is 2.14. The Morgan fingerprint density at radius 2 is 1.85 bits per heavy atom. The lowest BCUT2D eigenvalue weighted by atomic mass is 9.96. The fourth-order valence-corrected chi connectivity index (χ4v) is 1.48. The summed E-state index contributed by atoms with van der Waals surface area (Å²) in [5.74, 6) is 0. The first-order chi connectivity index (χ1) is 6.12. The molecule has 2 nitrogen and oxygen atoms in total. The van der Waals surface area contributed by atoms with Gasteiger partial charge in [-0.1, -0.05) is 32.6 Å². The molecule has 0 saturated carbocycles. The lowest BCUT2D eigenvalue weighted by Crippen LogP contribution is -2.40. The van der Waals surface area contributed by atoms with Crippen LogP contribution in [-0.2, 0) is 0 Å². The molecule has 0 aliphatic heterocycles. The number of nitrogens with one attached hydrogen (secondary N) is 1. The van der Waals surface area contributed by atoms with E-state index in [1.165, 1.54) is 32.1 Å². The monoisotopic (exact) mass is 187 g/mol. The van der Waals surface area contributed by atoms with Gasteiger partial charge in [0.1, 0.15) is 0 Å². The van der Waals surface area contributed by atoms with Gasteiger partial charge in [0, 0.05) is 12.1 Å². The maximum atomic E-state index is 8.68. The molecule has 0 aromatic carbocycles. The summed E-state index contributed by atoms with van der Waals surface area (Å²) >= 11 is 0. The van der Waals surface area contributed by atoms with Crippen LogP contribution in [0.5, 0.6) is 0 Å². The quantitative estimate of drug-likeness (QED) is 0.572. The van der Waals surface area contributed by atoms with Crippen LogP contribution >= 0.6 is 0 Å². The molecule has 0 atom stereocenters. The highest BCUT2D eigenvalue weighted by Crippen LogP contribution is 2.13. The van der Waals surface area contributed by atoms with Crippen molar-refractivity contribution < 1.29 is 5.11 Å². The summed E-state index contributed by atoms with van der Waals surface area (Å²) in [6, 6.07) is 0. The number of hydrogen-bond acceptors (Lipinski definition) is 2. The van der Waals surface area contributed by atoms with Gasteiger partial charge in [-0.25, -0.2) is 0 Å². The fraction of sp³-hybridized carbons (Fsp3) is 1.00. The van der Waals surface area contributed by atoms with Crippen LogP contribution < -0.4 is 5.32 Å². The fourth-order valence-electron chi connectivity index (χ4n) is 1.48. The Balaban J connectivity index is 3.39. The average Bonchev–Trinajstić information content (AvgIpc) is 2.09. The van der Waals surface area contributed by atoms with Gasteiger partial charge in [0.25, 0.3) is 0 Å². The van der Waals surface area contributed by atoms with Gasteiger partial charge in [-0.15, -0.1) is 0 Å². The molecule has 0 aliphatic carbocycles. The van der Waals surface area contributed by atoms with E-state index in [0.29, 0.717) is 6.54 Å². The van der Waals surface area contributed by atoms with Crippen molar-refractivity contribution in [1.29, 1.82) is 0 Å². The molecular formula is C11H25NO. The molecule has 0 rings (SSSR count). The summed E-state index contributed by atoms with van der Waals surface area (Å²) in [6.07, 6.45) is 6.47. The third-order valence-electron chi connectivity index (χ3n) is 2.37. The Labute approximate surface area is 82.7 Å². The van der Waals surface area contributed by atoms with Crippen LogP contribution in [0.3, 0.4) is 0 Å². The van der Waals surface area contributed by atoms with Gasteiger partial charge < -0.3 is 10.4 Å². The van der Waals surface area contributed by atoms with Crippen molar-refractivity contribution in [2.24, 2.45) is 0 Å². The van der Waals surface area contributed by atoms with Gasteiger partial charge in [0.05, 0.1) is 6.61 Å². The predicted molar refractivity (Wildman–Crippen MR) is 57.9 cm³/mol. The van der Waals surface area contributed by atoms with Crippen molar-refractivity contribution in [2.45, 2.75) is 58.4 Å². The standard InChI is InChI=1S/C11H25NO/c1-4-5-6-7-8-11(2,3)12-9-10-13/h12-13H,4-10H2,1-3H3. The van der Waals surface area contributed by atoms with Crippen molar-refractivity contribution >= 4 is 0 Å². The van der Waals surface area contributed by atoms with Crippen molar-refractivity contribution in [2.75, 3.05) is 13.2 Å². The molecular weight excluding hydrogens is 162 g/mol. The zero-order chi connectivity index (χ0) is 10.2. The van der Waals surface area contributed by atoms with E-state index >= 15 is 0 Å². The SMILES string of the molecule is CCCCCCC(C)(C)NCCO. The Kier molecular flexibility index (Phi) is 7.29. The van der Waals surface area contributed by atoms with E-state index in [1.807, 2.05) is 0 Å². The van der Waals surface area contributed by atoms with Crippen LogP contribution in [-0.4, -0.2) is 23.8 Å². The third kappa shape index (κ3) is 8.26. The summed E-state index contributed by atoms with van der Waals surface area (Å²) in [5.41, 5.74) is 0.191. The Bertz CT molecular complexity index is 113. The molecule has 0 aliphatic rings. The predicted octanol–water partition coefficient (Wildman–Crippen LogP) is 2.32. The zero-order valence-electron chi connectivity index (χ0n) is 9.40. The molecule has 0 aromatic rings. The second-order valence-corrected chi connectivity index (χ2v) is 4.34. The highest BCUT2D eigenvalue weighted by molar-refractivity contribution is 4.76. The topological polar surface area (TPSA) is 32.3 Å². The Morgan fingerprint density at radius 1 is 1.15 bits per heavy atom. The summed E-state index contributed by atoms with van der Waals surface area (Å²) in [7, 11) is 0. The highest BCUT2D eigenvalue weighted by atomic mass is 16.3. The minimum atomic E-state index is 0.191. The van der Waals surface area contributed by atoms with Crippen molar-refractivity contribution in [3.05, 3.63) is 0 Å². The van der Waals surface area contributed by atoms with Gasteiger partial charge in [-0.3, -0.25) is 0 Å². The van der Waals surface area contributed by atoms with E-state index in [4.69, 9.17) is 5.11 Å². The number of aliphatic hydroxyl groups excluding tert-OH is 1. The van der Waals surface area contributed by atoms with Gasteiger partial charge in [-0.05, 0) is 20.3 Å². The number of aliphatic hydroxyl groups is 1. The lowest BCUT2D eigenvalue weighted by Gasteiger charge is -2.26. The van der Waals surface area contributed by atoms with Crippen molar-refractivity contribution in [3.8, 4) is 0 Å². The van der Waals surface area contributed by atoms with Crippen LogP contribution in [0.1, 0.15) is 52.9 Å². The normalized spacial score (nSPS) is 12.0. The number of β-amino-alcohol motifs (C(OH)–C–C–N with tert-alkyl or cyclic N) is 1. The molecule has 0 bridgehead atoms. The summed E-state index contributed by atoms with van der Waals surface area (Å²) < 4.78 is 0. The van der Waals surface area contributed by atoms with E-state index in [-0.39, 0.29) is 12.1 Å². The van der Waals surface area contributed by atoms with Crippen molar-refractivity contribution in [3.63, 3.8) is 0 Å². The van der Waals surface area contributed by atoms with E-state index in [0.717, 1.165) is 0 Å². The molecule has 0 saturated heterocycles. The molecule has 0 amide bonds. The van der Waals surface area contributed by atoms with E-state index < -0.39 is 0 Å². The number of unbranched alkanes of at least 4 members (excludes halogenated alkanes) is 3. The molecule has 80 valence electrons. The molecule has 13 heavy (non-hydrogen) atoms. The van der Waals surface area contributed by atoms with E-state index in [9.17, 15) is 0 Å². The van der Waals surface area contributed by atoms with E-state index in [1.54, 1.807) is 0 Å². The minimum absolute atomic E-state index is 0.191. The maximum absolute atomic E-state index is 8.68. The number of hydrogen-bond donors (Lipinski definition) is 2. The molecule has 0 unspecified atom stereocenters. The average molecular weight is 187 g/mol. The Hall–Kier alpha value is -0.0800. The largest absolute Gasteiger partial charge is 0.395 e. The van der Waals surface area contributed by atoms with Crippen molar-refractivity contribution in [1.82, 2.24) is 5.32 Å². The second kappa shape index (κ2) is 7.34. The second-order valence-electron chi connectivity index (χ2n) is 4.34. The summed E-state index contributed by atoms with van der Waals surface area (Å²) in [6.45, 7) is 7.58. The first kappa shape index (κ1) is 12.9. The van der Waals surface area contributed by atoms with E-state index in [2.05, 4.69) is 26.1 Å². The van der Waals surface area contributed by atoms with Crippen LogP contribution in [0, 0.1) is 0 Å². The first-order valence-electron chi connectivity index (χ1n) is 5.48. The summed E-state index contributed by atoms with van der Waals surface area (Å²) in [5, 5.41) is 12.0. The lowest BCUT2D eigenvalue weighted by molar-refractivity contribution is 0.258. The smallest absolute Gasteiger partial charge is 0.0556 e. The molecule has 0 heterocycles. The van der Waals surface area contributed by atoms with Crippen LogP contribution in [0.2, 0.25) is 0 Å². The minimum Gasteiger partial charge on any atom is -0.395 e. The molecule has 0 radical (unpaired) electrons. The summed E-state index contributed by atoms with van der Waals surface area (Å²) in [4.78, 5) is 0. The number of rotatable bonds is 8. The van der Waals surface area contributed by atoms with Crippen LogP contribution in [0.25, 0.3) is 0 Å². The van der Waals surface area contributed by atoms with Gasteiger partial charge in [-0.2, -0.15) is 0 Å². The first-order valence-corrected chi connectivity index (χ1v) is 5.48. The molecule has 0 aromatic heterocycles. The molecule has 2 heteroatoms. The third-order valence-corrected chi connectivity index (χ3v) is 2.37. The Morgan fingerprint density at radius 3 is 2.38 bits per heavy atom. The van der Waals surface area contributed by atoms with Crippen LogP contribution in [0.4, 0.5) is 0 Å². The molecule has 2 N–H and O–H groups in total.